The van der Waals surface area contributed by atoms with E-state index in [4.69, 9.17) is 0 Å². The Hall–Kier alpha value is 0.110. The van der Waals surface area contributed by atoms with Crippen LogP contribution in [0.1, 0.15) is 13.3 Å². The molecule has 44 valence electrons. The summed E-state index contributed by atoms with van der Waals surface area (Å²) in [6.07, 6.45) is 3.01. The summed E-state index contributed by atoms with van der Waals surface area (Å²) >= 11 is 0. The van der Waals surface area contributed by atoms with Crippen molar-refractivity contribution in [3.63, 3.8) is 0 Å². The van der Waals surface area contributed by atoms with E-state index in [0.29, 0.717) is 0 Å². The van der Waals surface area contributed by atoms with Crippen molar-refractivity contribution in [2.75, 3.05) is 0 Å². The van der Waals surface area contributed by atoms with Crippen LogP contribution in [-0.4, -0.2) is 6.21 Å². The van der Waals surface area contributed by atoms with Crippen molar-refractivity contribution < 1.29 is 0 Å². The van der Waals surface area contributed by atoms with E-state index in [9.17, 15) is 0 Å². The fraction of sp³-hybridized carbons (Fsp3) is 0.400. The van der Waals surface area contributed by atoms with Crippen molar-refractivity contribution in [3.05, 3.63) is 11.0 Å². The lowest BCUT2D eigenvalue weighted by Crippen LogP contribution is -1.81. The molecule has 8 heavy (non-hydrogen) atoms. The highest BCUT2D eigenvalue weighted by atomic mass is 33.1. The first-order chi connectivity index (χ1) is 3.93. The van der Waals surface area contributed by atoms with Gasteiger partial charge in [0.05, 0.1) is 0 Å². The largest absolute Gasteiger partial charge is 0.212 e. The lowest BCUT2D eigenvalue weighted by Gasteiger charge is -1.98. The Bertz CT molecular complexity index is 128. The summed E-state index contributed by atoms with van der Waals surface area (Å²) in [6.45, 7) is 2.13. The van der Waals surface area contributed by atoms with E-state index in [1.54, 1.807) is 10.8 Å². The van der Waals surface area contributed by atoms with Crippen LogP contribution in [0.15, 0.2) is 15.4 Å². The fourth-order valence-corrected chi connectivity index (χ4v) is 1.80. The monoisotopic (exact) mass is 145 g/mol. The van der Waals surface area contributed by atoms with Crippen molar-refractivity contribution >= 4 is 28.0 Å². The van der Waals surface area contributed by atoms with Crippen LogP contribution >= 0.6 is 21.8 Å². The van der Waals surface area contributed by atoms with Crippen LogP contribution < -0.4 is 0 Å². The molecule has 1 rings (SSSR count). The molecule has 3 heteroatoms. The van der Waals surface area contributed by atoms with Crippen LogP contribution in [0.5, 0.6) is 0 Å². The summed E-state index contributed by atoms with van der Waals surface area (Å²) in [5.74, 6) is 0. The summed E-state index contributed by atoms with van der Waals surface area (Å²) in [5, 5.41) is 2.14. The quantitative estimate of drug-likeness (QED) is 0.415. The van der Waals surface area contributed by atoms with Crippen molar-refractivity contribution in [2.45, 2.75) is 13.3 Å². The molecule has 0 fully saturated rings. The van der Waals surface area contributed by atoms with Gasteiger partial charge >= 0.3 is 0 Å². The molecule has 0 aromatic rings. The summed E-state index contributed by atoms with van der Waals surface area (Å²) in [5.41, 5.74) is 1.33. The Balaban J connectivity index is 2.51. The molecule has 0 saturated carbocycles. The van der Waals surface area contributed by atoms with Gasteiger partial charge in [-0.1, -0.05) is 6.92 Å². The fourth-order valence-electron chi connectivity index (χ4n) is 0.402. The van der Waals surface area contributed by atoms with Crippen LogP contribution in [0.3, 0.4) is 0 Å². The van der Waals surface area contributed by atoms with Gasteiger partial charge in [-0.3, -0.25) is 0 Å². The Morgan fingerprint density at radius 3 is 3.00 bits per heavy atom. The third-order valence-electron chi connectivity index (χ3n) is 0.912. The normalized spacial score (nSPS) is 18.4. The van der Waals surface area contributed by atoms with E-state index >= 15 is 0 Å². The van der Waals surface area contributed by atoms with Gasteiger partial charge in [-0.15, -0.1) is 0 Å². The molecule has 0 unspecified atom stereocenters. The van der Waals surface area contributed by atoms with E-state index in [1.807, 2.05) is 6.21 Å². The molecule has 0 aromatic carbocycles. The number of rotatable bonds is 1. The van der Waals surface area contributed by atoms with E-state index in [0.717, 1.165) is 6.42 Å². The van der Waals surface area contributed by atoms with Crippen LogP contribution in [0.25, 0.3) is 0 Å². The molecule has 1 aliphatic rings. The SMILES string of the molecule is CCC1=CSSN=C1. The highest BCUT2D eigenvalue weighted by Gasteiger charge is 1.93. The number of allylic oxidation sites excluding steroid dienone is 1. The Morgan fingerprint density at radius 2 is 2.62 bits per heavy atom. The van der Waals surface area contributed by atoms with Gasteiger partial charge < -0.3 is 0 Å². The predicted octanol–water partition coefficient (Wildman–Crippen LogP) is 2.66. The number of hydrogen-bond donors (Lipinski definition) is 0. The van der Waals surface area contributed by atoms with Crippen molar-refractivity contribution in [1.29, 1.82) is 0 Å². The highest BCUT2D eigenvalue weighted by molar-refractivity contribution is 8.77. The van der Waals surface area contributed by atoms with Gasteiger partial charge in [-0.25, -0.2) is 4.40 Å². The third-order valence-corrected chi connectivity index (χ3v) is 2.39. The minimum atomic E-state index is 1.09. The zero-order chi connectivity index (χ0) is 5.82. The summed E-state index contributed by atoms with van der Waals surface area (Å²) in [6, 6.07) is 0. The summed E-state index contributed by atoms with van der Waals surface area (Å²) in [4.78, 5) is 0. The van der Waals surface area contributed by atoms with Crippen molar-refractivity contribution in [1.82, 2.24) is 0 Å². The minimum absolute atomic E-state index is 1.09. The Morgan fingerprint density at radius 1 is 1.75 bits per heavy atom. The summed E-state index contributed by atoms with van der Waals surface area (Å²) < 4.78 is 4.02. The molecule has 0 atom stereocenters. The number of nitrogens with zero attached hydrogens (tertiary/aromatic N) is 1. The first-order valence-corrected chi connectivity index (χ1v) is 4.65. The predicted molar refractivity (Wildman–Crippen MR) is 42.0 cm³/mol. The smallest absolute Gasteiger partial charge is 0.0480 e. The third kappa shape index (κ3) is 1.56. The lowest BCUT2D eigenvalue weighted by molar-refractivity contribution is 1.19. The van der Waals surface area contributed by atoms with Gasteiger partial charge in [0.15, 0.2) is 0 Å². The standard InChI is InChI=1S/C5H7NS2/c1-2-5-3-6-8-7-4-5/h3-4H,2H2,1H3. The van der Waals surface area contributed by atoms with E-state index in [-0.39, 0.29) is 0 Å². The summed E-state index contributed by atoms with van der Waals surface area (Å²) in [7, 11) is 3.21. The molecule has 0 amide bonds. The van der Waals surface area contributed by atoms with E-state index < -0.39 is 0 Å². The molecule has 0 aliphatic carbocycles. The second-order valence-electron chi connectivity index (χ2n) is 1.45. The average Bonchev–Trinajstić information content (AvgIpc) is 1.90. The van der Waals surface area contributed by atoms with Gasteiger partial charge in [0.1, 0.15) is 0 Å². The average molecular weight is 145 g/mol. The molecular weight excluding hydrogens is 138 g/mol. The van der Waals surface area contributed by atoms with Gasteiger partial charge in [-0.05, 0) is 28.2 Å². The second-order valence-corrected chi connectivity index (χ2v) is 3.26. The maximum Gasteiger partial charge on any atom is 0.0480 e. The van der Waals surface area contributed by atoms with Crippen LogP contribution in [-0.2, 0) is 0 Å². The maximum absolute atomic E-state index is 4.02. The van der Waals surface area contributed by atoms with Gasteiger partial charge in [-0.2, -0.15) is 0 Å². The minimum Gasteiger partial charge on any atom is -0.212 e. The Kier molecular flexibility index (Phi) is 2.49. The highest BCUT2D eigenvalue weighted by Crippen LogP contribution is 2.28. The van der Waals surface area contributed by atoms with Crippen LogP contribution in [0.4, 0.5) is 0 Å². The first kappa shape index (κ1) is 6.23. The molecular formula is C5H7NS2. The van der Waals surface area contributed by atoms with Gasteiger partial charge in [0.2, 0.25) is 0 Å². The first-order valence-electron chi connectivity index (χ1n) is 2.48. The second kappa shape index (κ2) is 3.20. The molecule has 1 aliphatic heterocycles. The van der Waals surface area contributed by atoms with Crippen molar-refractivity contribution in [2.24, 2.45) is 4.40 Å². The van der Waals surface area contributed by atoms with Crippen LogP contribution in [0.2, 0.25) is 0 Å². The number of hydrogen-bond acceptors (Lipinski definition) is 3. The topological polar surface area (TPSA) is 12.4 Å². The molecule has 1 heterocycles. The van der Waals surface area contributed by atoms with Crippen LogP contribution in [0, 0.1) is 0 Å². The Labute approximate surface area is 57.2 Å². The molecule has 0 N–H and O–H groups in total. The van der Waals surface area contributed by atoms with Crippen molar-refractivity contribution in [3.8, 4) is 0 Å². The van der Waals surface area contributed by atoms with Gasteiger partial charge in [0.25, 0.3) is 0 Å². The maximum atomic E-state index is 4.02. The molecule has 0 saturated heterocycles. The molecule has 0 aromatic heterocycles. The van der Waals surface area contributed by atoms with Gasteiger partial charge in [0, 0.05) is 17.2 Å². The van der Waals surface area contributed by atoms with E-state index in [2.05, 4.69) is 16.7 Å². The molecule has 0 spiro atoms. The van der Waals surface area contributed by atoms with E-state index in [1.165, 1.54) is 16.6 Å². The lowest BCUT2D eigenvalue weighted by atomic mass is 10.3. The zero-order valence-corrected chi connectivity index (χ0v) is 6.26. The zero-order valence-electron chi connectivity index (χ0n) is 4.63. The molecule has 0 bridgehead atoms. The molecule has 0 radical (unpaired) electrons. The molecule has 1 nitrogen and oxygen atoms in total.